The zero-order valence-electron chi connectivity index (χ0n) is 12.8. The molecular formula is C14H20ClN3O4S. The SMILES string of the molecule is COCCNC(=O)NC1CCCN1S(=O)(=O)c1ccc(Cl)cc1. The molecule has 1 unspecified atom stereocenters. The van der Waals surface area contributed by atoms with Crippen molar-refractivity contribution in [2.24, 2.45) is 0 Å². The van der Waals surface area contributed by atoms with E-state index in [1.165, 1.54) is 35.7 Å². The first-order valence-corrected chi connectivity index (χ1v) is 9.07. The molecule has 2 rings (SSSR count). The summed E-state index contributed by atoms with van der Waals surface area (Å²) in [7, 11) is -2.13. The predicted octanol–water partition coefficient (Wildman–Crippen LogP) is 1.40. The second kappa shape index (κ2) is 7.96. The maximum atomic E-state index is 12.7. The molecule has 0 aromatic heterocycles. The Morgan fingerprint density at radius 1 is 1.39 bits per heavy atom. The Labute approximate surface area is 141 Å². The van der Waals surface area contributed by atoms with Crippen molar-refractivity contribution in [2.45, 2.75) is 23.9 Å². The van der Waals surface area contributed by atoms with Crippen LogP contribution in [0.5, 0.6) is 0 Å². The lowest BCUT2D eigenvalue weighted by Gasteiger charge is -2.25. The van der Waals surface area contributed by atoms with Crippen molar-refractivity contribution in [1.82, 2.24) is 14.9 Å². The largest absolute Gasteiger partial charge is 0.383 e. The summed E-state index contributed by atoms with van der Waals surface area (Å²) in [5.41, 5.74) is 0. The van der Waals surface area contributed by atoms with Crippen LogP contribution in [0.25, 0.3) is 0 Å². The highest BCUT2D eigenvalue weighted by molar-refractivity contribution is 7.89. The number of nitrogens with zero attached hydrogens (tertiary/aromatic N) is 1. The summed E-state index contributed by atoms with van der Waals surface area (Å²) in [4.78, 5) is 12.0. The van der Waals surface area contributed by atoms with Gasteiger partial charge in [0, 0.05) is 25.2 Å². The third-order valence-electron chi connectivity index (χ3n) is 3.51. The molecular weight excluding hydrogens is 342 g/mol. The molecule has 0 saturated carbocycles. The van der Waals surface area contributed by atoms with Crippen molar-refractivity contribution in [1.29, 1.82) is 0 Å². The first-order valence-electron chi connectivity index (χ1n) is 7.26. The zero-order chi connectivity index (χ0) is 16.9. The van der Waals surface area contributed by atoms with Crippen molar-refractivity contribution in [2.75, 3.05) is 26.8 Å². The summed E-state index contributed by atoms with van der Waals surface area (Å²) < 4.78 is 31.5. The molecule has 0 spiro atoms. The van der Waals surface area contributed by atoms with Gasteiger partial charge in [-0.1, -0.05) is 11.6 Å². The maximum Gasteiger partial charge on any atom is 0.316 e. The summed E-state index contributed by atoms with van der Waals surface area (Å²) >= 11 is 5.80. The van der Waals surface area contributed by atoms with Crippen LogP contribution in [0, 0.1) is 0 Å². The first-order chi connectivity index (χ1) is 10.9. The summed E-state index contributed by atoms with van der Waals surface area (Å²) in [6, 6.07) is 5.58. The summed E-state index contributed by atoms with van der Waals surface area (Å²) in [6.07, 6.45) is 0.707. The zero-order valence-corrected chi connectivity index (χ0v) is 14.4. The predicted molar refractivity (Wildman–Crippen MR) is 86.8 cm³/mol. The second-order valence-corrected chi connectivity index (χ2v) is 7.45. The van der Waals surface area contributed by atoms with Crippen LogP contribution in [-0.4, -0.2) is 51.7 Å². The van der Waals surface area contributed by atoms with Gasteiger partial charge in [0.2, 0.25) is 10.0 Å². The van der Waals surface area contributed by atoms with Crippen LogP contribution in [0.15, 0.2) is 29.2 Å². The summed E-state index contributed by atoms with van der Waals surface area (Å²) in [5.74, 6) is 0. The molecule has 2 N–H and O–H groups in total. The Kier molecular flexibility index (Phi) is 6.23. The fraction of sp³-hybridized carbons (Fsp3) is 0.500. The maximum absolute atomic E-state index is 12.7. The van der Waals surface area contributed by atoms with E-state index in [0.717, 1.165) is 0 Å². The molecule has 1 aliphatic heterocycles. The van der Waals surface area contributed by atoms with Crippen molar-refractivity contribution >= 4 is 27.7 Å². The number of hydrogen-bond donors (Lipinski definition) is 2. The van der Waals surface area contributed by atoms with Crippen LogP contribution in [-0.2, 0) is 14.8 Å². The number of hydrogen-bond acceptors (Lipinski definition) is 4. The normalized spacial score (nSPS) is 18.8. The lowest BCUT2D eigenvalue weighted by Crippen LogP contribution is -2.50. The number of halogens is 1. The number of carbonyl (C=O) groups excluding carboxylic acids is 1. The van der Waals surface area contributed by atoms with Gasteiger partial charge in [-0.2, -0.15) is 4.31 Å². The Bertz CT molecular complexity index is 636. The Hall–Kier alpha value is -1.35. The van der Waals surface area contributed by atoms with E-state index in [9.17, 15) is 13.2 Å². The minimum Gasteiger partial charge on any atom is -0.383 e. The average Bonchev–Trinajstić information content (AvgIpc) is 2.97. The number of sulfonamides is 1. The fourth-order valence-corrected chi connectivity index (χ4v) is 4.12. The van der Waals surface area contributed by atoms with Gasteiger partial charge < -0.3 is 15.4 Å². The van der Waals surface area contributed by atoms with Crippen LogP contribution < -0.4 is 10.6 Å². The highest BCUT2D eigenvalue weighted by Crippen LogP contribution is 2.25. The molecule has 1 heterocycles. The number of carbonyl (C=O) groups is 1. The Morgan fingerprint density at radius 2 is 2.09 bits per heavy atom. The van der Waals surface area contributed by atoms with E-state index in [4.69, 9.17) is 16.3 Å². The second-order valence-electron chi connectivity index (χ2n) is 5.12. The van der Waals surface area contributed by atoms with Gasteiger partial charge in [-0.3, -0.25) is 0 Å². The smallest absolute Gasteiger partial charge is 0.316 e. The number of amides is 2. The topological polar surface area (TPSA) is 87.7 Å². The van der Waals surface area contributed by atoms with Crippen LogP contribution in [0.4, 0.5) is 4.79 Å². The molecule has 2 amide bonds. The van der Waals surface area contributed by atoms with Crippen molar-refractivity contribution in [3.8, 4) is 0 Å². The third-order valence-corrected chi connectivity index (χ3v) is 5.69. The molecule has 9 heteroatoms. The number of ether oxygens (including phenoxy) is 1. The van der Waals surface area contributed by atoms with E-state index >= 15 is 0 Å². The molecule has 0 bridgehead atoms. The van der Waals surface area contributed by atoms with Crippen molar-refractivity contribution in [3.05, 3.63) is 29.3 Å². The number of rotatable bonds is 6. The first kappa shape index (κ1) is 18.0. The minimum atomic E-state index is -3.67. The van der Waals surface area contributed by atoms with E-state index < -0.39 is 22.2 Å². The Balaban J connectivity index is 2.05. The van der Waals surface area contributed by atoms with Gasteiger partial charge in [0.05, 0.1) is 17.7 Å². The molecule has 0 radical (unpaired) electrons. The molecule has 1 fully saturated rings. The van der Waals surface area contributed by atoms with Gasteiger partial charge in [0.1, 0.15) is 0 Å². The summed E-state index contributed by atoms with van der Waals surface area (Å²) in [5, 5.41) is 5.78. The molecule has 1 aromatic carbocycles. The van der Waals surface area contributed by atoms with Crippen molar-refractivity contribution in [3.63, 3.8) is 0 Å². The van der Waals surface area contributed by atoms with Crippen LogP contribution in [0.3, 0.4) is 0 Å². The van der Waals surface area contributed by atoms with Gasteiger partial charge >= 0.3 is 6.03 Å². The molecule has 1 saturated heterocycles. The quantitative estimate of drug-likeness (QED) is 0.750. The molecule has 128 valence electrons. The molecule has 23 heavy (non-hydrogen) atoms. The molecule has 1 aromatic rings. The average molecular weight is 362 g/mol. The van der Waals surface area contributed by atoms with Crippen LogP contribution in [0.2, 0.25) is 5.02 Å². The van der Waals surface area contributed by atoms with E-state index in [2.05, 4.69) is 10.6 Å². The van der Waals surface area contributed by atoms with Gasteiger partial charge in [-0.05, 0) is 37.1 Å². The van der Waals surface area contributed by atoms with E-state index in [-0.39, 0.29) is 4.90 Å². The number of urea groups is 1. The number of nitrogens with one attached hydrogen (secondary N) is 2. The monoisotopic (exact) mass is 361 g/mol. The van der Waals surface area contributed by atoms with Crippen molar-refractivity contribution < 1.29 is 17.9 Å². The molecule has 0 aliphatic carbocycles. The van der Waals surface area contributed by atoms with Gasteiger partial charge in [-0.25, -0.2) is 13.2 Å². The Morgan fingerprint density at radius 3 is 2.74 bits per heavy atom. The van der Waals surface area contributed by atoms with Gasteiger partial charge in [0.25, 0.3) is 0 Å². The highest BCUT2D eigenvalue weighted by atomic mass is 35.5. The minimum absolute atomic E-state index is 0.162. The van der Waals surface area contributed by atoms with Crippen LogP contribution in [0.1, 0.15) is 12.8 Å². The van der Waals surface area contributed by atoms with E-state index in [1.54, 1.807) is 0 Å². The fourth-order valence-electron chi connectivity index (χ4n) is 2.38. The van der Waals surface area contributed by atoms with Crippen LogP contribution >= 0.6 is 11.6 Å². The van der Waals surface area contributed by atoms with E-state index in [0.29, 0.717) is 37.6 Å². The molecule has 1 aliphatic rings. The molecule has 7 nitrogen and oxygen atoms in total. The third kappa shape index (κ3) is 4.57. The van der Waals surface area contributed by atoms with Gasteiger partial charge in [-0.15, -0.1) is 0 Å². The molecule has 1 atom stereocenters. The number of benzene rings is 1. The highest BCUT2D eigenvalue weighted by Gasteiger charge is 2.36. The lowest BCUT2D eigenvalue weighted by atomic mass is 10.3. The standard InChI is InChI=1S/C14H20ClN3O4S/c1-22-10-8-16-14(19)17-13-3-2-9-18(13)23(20,21)12-6-4-11(15)5-7-12/h4-7,13H,2-3,8-10H2,1H3,(H2,16,17,19). The number of methoxy groups -OCH3 is 1. The van der Waals surface area contributed by atoms with E-state index in [1.807, 2.05) is 0 Å². The lowest BCUT2D eigenvalue weighted by molar-refractivity contribution is 0.193. The van der Waals surface area contributed by atoms with Gasteiger partial charge in [0.15, 0.2) is 0 Å². The summed E-state index contributed by atoms with van der Waals surface area (Å²) in [6.45, 7) is 1.12.